The topological polar surface area (TPSA) is 75.5 Å². The van der Waals surface area contributed by atoms with E-state index in [2.05, 4.69) is 5.32 Å². The molecule has 1 heterocycles. The van der Waals surface area contributed by atoms with Gasteiger partial charge in [0.05, 0.1) is 16.5 Å². The van der Waals surface area contributed by atoms with Crippen molar-refractivity contribution in [1.82, 2.24) is 4.90 Å². The zero-order chi connectivity index (χ0) is 17.4. The Morgan fingerprint density at radius 1 is 1.39 bits per heavy atom. The zero-order valence-corrected chi connectivity index (χ0v) is 12.6. The molecular weight excluding hydrogens is 315 g/mol. The highest BCUT2D eigenvalue weighted by Gasteiger charge is 2.35. The van der Waals surface area contributed by atoms with Gasteiger partial charge in [-0.2, -0.15) is 13.2 Å². The first-order valence-corrected chi connectivity index (χ1v) is 7.01. The average molecular weight is 331 g/mol. The van der Waals surface area contributed by atoms with Crippen molar-refractivity contribution in [2.75, 3.05) is 11.9 Å². The normalized spacial score (nSPS) is 18.6. The fourth-order valence-electron chi connectivity index (χ4n) is 2.53. The summed E-state index contributed by atoms with van der Waals surface area (Å²) in [6, 6.07) is 1.94. The first-order valence-electron chi connectivity index (χ1n) is 7.01. The summed E-state index contributed by atoms with van der Waals surface area (Å²) in [5.74, 6) is -0.0907. The highest BCUT2D eigenvalue weighted by molar-refractivity contribution is 5.80. The molecule has 9 heteroatoms. The second kappa shape index (κ2) is 6.05. The van der Waals surface area contributed by atoms with Crippen molar-refractivity contribution < 1.29 is 22.9 Å². The molecule has 0 saturated carbocycles. The van der Waals surface area contributed by atoms with Crippen LogP contribution in [0, 0.1) is 10.1 Å². The monoisotopic (exact) mass is 331 g/mol. The van der Waals surface area contributed by atoms with Gasteiger partial charge in [-0.1, -0.05) is 0 Å². The van der Waals surface area contributed by atoms with Crippen LogP contribution in [0.1, 0.15) is 25.8 Å². The first-order chi connectivity index (χ1) is 10.6. The van der Waals surface area contributed by atoms with E-state index in [0.29, 0.717) is 12.6 Å². The van der Waals surface area contributed by atoms with E-state index >= 15 is 0 Å². The highest BCUT2D eigenvalue weighted by Crippen LogP contribution is 2.35. The molecule has 1 aliphatic heterocycles. The van der Waals surface area contributed by atoms with Crippen LogP contribution in [0.15, 0.2) is 18.2 Å². The number of nitrogens with one attached hydrogen (secondary N) is 1. The van der Waals surface area contributed by atoms with E-state index in [-0.39, 0.29) is 30.1 Å². The Hall–Kier alpha value is -2.32. The number of nitrogens with zero attached hydrogens (tertiary/aromatic N) is 2. The zero-order valence-electron chi connectivity index (χ0n) is 12.6. The Morgan fingerprint density at radius 3 is 2.52 bits per heavy atom. The number of hydrogen-bond acceptors (Lipinski definition) is 4. The minimum Gasteiger partial charge on any atom is -0.374 e. The lowest BCUT2D eigenvalue weighted by atomic mass is 10.1. The van der Waals surface area contributed by atoms with E-state index in [0.717, 1.165) is 12.1 Å². The molecule has 2 rings (SSSR count). The van der Waals surface area contributed by atoms with Gasteiger partial charge < -0.3 is 10.2 Å². The summed E-state index contributed by atoms with van der Waals surface area (Å²) < 4.78 is 38.0. The summed E-state index contributed by atoms with van der Waals surface area (Å²) in [5, 5.41) is 13.8. The minimum atomic E-state index is -4.65. The maximum Gasteiger partial charge on any atom is 0.416 e. The molecule has 1 aliphatic rings. The third-order valence-electron chi connectivity index (χ3n) is 3.66. The van der Waals surface area contributed by atoms with E-state index < -0.39 is 22.4 Å². The number of anilines is 1. The van der Waals surface area contributed by atoms with Crippen LogP contribution in [0.25, 0.3) is 0 Å². The van der Waals surface area contributed by atoms with Crippen LogP contribution in [0.2, 0.25) is 0 Å². The van der Waals surface area contributed by atoms with Gasteiger partial charge in [0.25, 0.3) is 5.69 Å². The fourth-order valence-corrected chi connectivity index (χ4v) is 2.53. The van der Waals surface area contributed by atoms with Gasteiger partial charge in [-0.15, -0.1) is 0 Å². The number of carbonyl (C=O) groups excluding carboxylic acids is 1. The van der Waals surface area contributed by atoms with Crippen LogP contribution < -0.4 is 5.32 Å². The number of hydrogen-bond donors (Lipinski definition) is 1. The Balaban J connectivity index is 2.24. The Kier molecular flexibility index (Phi) is 4.49. The van der Waals surface area contributed by atoms with Crippen LogP contribution in [-0.4, -0.2) is 34.4 Å². The highest BCUT2D eigenvalue weighted by atomic mass is 19.4. The molecule has 0 aliphatic carbocycles. The number of likely N-dealkylation sites (tertiary alicyclic amines) is 1. The van der Waals surface area contributed by atoms with Crippen LogP contribution >= 0.6 is 0 Å². The van der Waals surface area contributed by atoms with Gasteiger partial charge in [0.15, 0.2) is 0 Å². The predicted molar refractivity (Wildman–Crippen MR) is 77.0 cm³/mol. The summed E-state index contributed by atoms with van der Waals surface area (Å²) in [4.78, 5) is 23.6. The number of nitro groups is 1. The van der Waals surface area contributed by atoms with Gasteiger partial charge in [-0.25, -0.2) is 0 Å². The fraction of sp³-hybridized carbons (Fsp3) is 0.500. The Morgan fingerprint density at radius 2 is 2.04 bits per heavy atom. The Bertz CT molecular complexity index is 631. The lowest BCUT2D eigenvalue weighted by Gasteiger charge is -2.21. The summed E-state index contributed by atoms with van der Waals surface area (Å²) >= 11 is 0. The number of alkyl halides is 3. The Labute approximate surface area is 130 Å². The van der Waals surface area contributed by atoms with E-state index in [1.165, 1.54) is 0 Å². The van der Waals surface area contributed by atoms with Gasteiger partial charge in [0.2, 0.25) is 5.91 Å². The molecular formula is C14H16F3N3O3. The van der Waals surface area contributed by atoms with Crippen molar-refractivity contribution in [3.63, 3.8) is 0 Å². The van der Waals surface area contributed by atoms with Gasteiger partial charge in [-0.05, 0) is 26.0 Å². The number of benzene rings is 1. The summed E-state index contributed by atoms with van der Waals surface area (Å²) in [7, 11) is 0. The van der Waals surface area contributed by atoms with Gasteiger partial charge in [0, 0.05) is 25.1 Å². The number of rotatable bonds is 4. The van der Waals surface area contributed by atoms with Crippen molar-refractivity contribution in [2.24, 2.45) is 0 Å². The van der Waals surface area contributed by atoms with Crippen molar-refractivity contribution in [1.29, 1.82) is 0 Å². The number of halogens is 3. The van der Waals surface area contributed by atoms with E-state index in [4.69, 9.17) is 0 Å². The molecule has 1 fully saturated rings. The molecule has 6 nitrogen and oxygen atoms in total. The van der Waals surface area contributed by atoms with Crippen LogP contribution in [0.3, 0.4) is 0 Å². The molecule has 0 bridgehead atoms. The second-order valence-electron chi connectivity index (χ2n) is 5.67. The number of carbonyl (C=O) groups is 1. The lowest BCUT2D eigenvalue weighted by molar-refractivity contribution is -0.384. The van der Waals surface area contributed by atoms with Gasteiger partial charge in [0.1, 0.15) is 5.69 Å². The molecule has 0 spiro atoms. The van der Waals surface area contributed by atoms with Crippen molar-refractivity contribution in [2.45, 2.75) is 38.5 Å². The molecule has 1 aromatic rings. The van der Waals surface area contributed by atoms with Crippen molar-refractivity contribution in [3.8, 4) is 0 Å². The van der Waals surface area contributed by atoms with Gasteiger partial charge >= 0.3 is 6.18 Å². The lowest BCUT2D eigenvalue weighted by Crippen LogP contribution is -2.33. The third-order valence-corrected chi connectivity index (χ3v) is 3.66. The summed E-state index contributed by atoms with van der Waals surface area (Å²) in [6.45, 7) is 4.05. The smallest absolute Gasteiger partial charge is 0.374 e. The molecule has 23 heavy (non-hydrogen) atoms. The summed E-state index contributed by atoms with van der Waals surface area (Å²) in [5.41, 5.74) is -1.76. The molecule has 1 atom stereocenters. The SMILES string of the molecule is CC(C)N1C[C@@H](Nc2ccc(C(F)(F)F)cc2[N+](=O)[O-])CC1=O. The van der Waals surface area contributed by atoms with Crippen LogP contribution in [0.5, 0.6) is 0 Å². The molecule has 126 valence electrons. The first kappa shape index (κ1) is 17.0. The molecule has 0 unspecified atom stereocenters. The molecule has 1 N–H and O–H groups in total. The number of nitro benzene ring substituents is 1. The molecule has 0 aromatic heterocycles. The largest absolute Gasteiger partial charge is 0.416 e. The van der Waals surface area contributed by atoms with Crippen molar-refractivity contribution >= 4 is 17.3 Å². The second-order valence-corrected chi connectivity index (χ2v) is 5.67. The molecule has 1 aromatic carbocycles. The van der Waals surface area contributed by atoms with E-state index in [1.807, 2.05) is 13.8 Å². The number of amides is 1. The summed E-state index contributed by atoms with van der Waals surface area (Å²) in [6.07, 6.45) is -4.50. The average Bonchev–Trinajstić information content (AvgIpc) is 2.78. The maximum absolute atomic E-state index is 12.7. The molecule has 1 amide bonds. The minimum absolute atomic E-state index is 0.00288. The maximum atomic E-state index is 12.7. The molecule has 1 saturated heterocycles. The van der Waals surface area contributed by atoms with Gasteiger partial charge in [-0.3, -0.25) is 14.9 Å². The van der Waals surface area contributed by atoms with Crippen LogP contribution in [-0.2, 0) is 11.0 Å². The van der Waals surface area contributed by atoms with Crippen LogP contribution in [0.4, 0.5) is 24.5 Å². The predicted octanol–water partition coefficient (Wildman–Crippen LogP) is 3.03. The van der Waals surface area contributed by atoms with E-state index in [9.17, 15) is 28.1 Å². The molecule has 0 radical (unpaired) electrons. The quantitative estimate of drug-likeness (QED) is 0.680. The standard InChI is InChI=1S/C14H16F3N3O3/c1-8(2)19-7-10(6-13(19)21)18-11-4-3-9(14(15,16)17)5-12(11)20(22)23/h3-5,8,10,18H,6-7H2,1-2H3/t10-/m0/s1. The van der Waals surface area contributed by atoms with E-state index in [1.54, 1.807) is 4.90 Å². The van der Waals surface area contributed by atoms with Crippen molar-refractivity contribution in [3.05, 3.63) is 33.9 Å². The third kappa shape index (κ3) is 3.72.